The summed E-state index contributed by atoms with van der Waals surface area (Å²) in [6, 6.07) is 22.0. The Balaban J connectivity index is 1.29. The summed E-state index contributed by atoms with van der Waals surface area (Å²) >= 11 is 0. The highest BCUT2D eigenvalue weighted by Gasteiger charge is 2.18. The Hall–Kier alpha value is -6.36. The van der Waals surface area contributed by atoms with Crippen LogP contribution >= 0.6 is 0 Å². The molecule has 6 aromatic rings. The first-order chi connectivity index (χ1) is 21.6. The van der Waals surface area contributed by atoms with Crippen LogP contribution in [0.1, 0.15) is 42.5 Å². The molecule has 6 rings (SSSR count). The molecule has 11 heteroatoms. The van der Waals surface area contributed by atoms with Crippen LogP contribution in [-0.2, 0) is 0 Å². The van der Waals surface area contributed by atoms with E-state index in [9.17, 15) is 14.4 Å². The number of carbonyl (C=O) groups excluding carboxylic acids is 3. The Labute approximate surface area is 257 Å². The fraction of sp³-hybridized carbons (Fsp3) is 0.0588. The fourth-order valence-electron chi connectivity index (χ4n) is 5.20. The average Bonchev–Trinajstić information content (AvgIpc) is 3.01. The Morgan fingerprint density at radius 1 is 0.667 bits per heavy atom. The van der Waals surface area contributed by atoms with E-state index < -0.39 is 5.91 Å². The zero-order valence-corrected chi connectivity index (χ0v) is 24.4. The van der Waals surface area contributed by atoms with Gasteiger partial charge in [-0.05, 0) is 98.3 Å². The number of nitrogen functional groups attached to an aromatic ring is 2. The zero-order valence-electron chi connectivity index (χ0n) is 24.4. The predicted octanol–water partition coefficient (Wildman–Crippen LogP) is 5.23. The monoisotopic (exact) mass is 596 g/mol. The van der Waals surface area contributed by atoms with Gasteiger partial charge in [0, 0.05) is 56.4 Å². The van der Waals surface area contributed by atoms with Crippen LogP contribution in [0, 0.1) is 13.8 Å². The minimum atomic E-state index is -0.546. The van der Waals surface area contributed by atoms with Gasteiger partial charge in [0.2, 0.25) is 5.91 Å². The summed E-state index contributed by atoms with van der Waals surface area (Å²) in [5.41, 5.74) is 24.8. The van der Waals surface area contributed by atoms with Crippen molar-refractivity contribution in [3.8, 4) is 11.1 Å². The molecular weight excluding hydrogens is 568 g/mol. The van der Waals surface area contributed by atoms with E-state index >= 15 is 0 Å². The van der Waals surface area contributed by atoms with Crippen LogP contribution in [0.3, 0.4) is 0 Å². The van der Waals surface area contributed by atoms with Gasteiger partial charge in [-0.3, -0.25) is 24.4 Å². The molecule has 45 heavy (non-hydrogen) atoms. The van der Waals surface area contributed by atoms with Crippen molar-refractivity contribution in [3.63, 3.8) is 0 Å². The van der Waals surface area contributed by atoms with E-state index in [2.05, 4.69) is 20.6 Å². The molecule has 3 amide bonds. The molecule has 3 aromatic carbocycles. The lowest BCUT2D eigenvalue weighted by Gasteiger charge is -2.16. The summed E-state index contributed by atoms with van der Waals surface area (Å²) in [6.07, 6.45) is 1.40. The van der Waals surface area contributed by atoms with Gasteiger partial charge < -0.3 is 27.8 Å². The number of aryl methyl sites for hydroxylation is 2. The molecule has 222 valence electrons. The van der Waals surface area contributed by atoms with Gasteiger partial charge in [-0.1, -0.05) is 0 Å². The maximum atomic E-state index is 13.3. The lowest BCUT2D eigenvalue weighted by atomic mass is 9.94. The number of benzene rings is 3. The summed E-state index contributed by atoms with van der Waals surface area (Å²) in [7, 11) is 0. The molecule has 0 saturated carbocycles. The van der Waals surface area contributed by atoms with Gasteiger partial charge >= 0.3 is 0 Å². The normalized spacial score (nSPS) is 11.0. The Bertz CT molecular complexity index is 2160. The molecule has 0 atom stereocenters. The van der Waals surface area contributed by atoms with Crippen molar-refractivity contribution in [3.05, 3.63) is 113 Å². The molecule has 3 aromatic heterocycles. The van der Waals surface area contributed by atoms with E-state index in [1.165, 1.54) is 6.20 Å². The fourth-order valence-corrected chi connectivity index (χ4v) is 5.20. The number of amides is 3. The molecule has 3 heterocycles. The third kappa shape index (κ3) is 5.69. The lowest BCUT2D eigenvalue weighted by Crippen LogP contribution is -2.13. The van der Waals surface area contributed by atoms with Gasteiger partial charge in [0.05, 0.1) is 22.3 Å². The Morgan fingerprint density at radius 2 is 1.24 bits per heavy atom. The first-order valence-corrected chi connectivity index (χ1v) is 13.9. The number of fused-ring (bicyclic) bond motifs is 2. The number of hydrogen-bond donors (Lipinski definition) is 5. The highest BCUT2D eigenvalue weighted by Crippen LogP contribution is 2.38. The number of carbonyl (C=O) groups is 3. The molecule has 0 saturated heterocycles. The van der Waals surface area contributed by atoms with Crippen LogP contribution in [0.15, 0.2) is 85.1 Å². The van der Waals surface area contributed by atoms with Crippen LogP contribution in [0.2, 0.25) is 0 Å². The highest BCUT2D eigenvalue weighted by molar-refractivity contribution is 6.11. The molecule has 11 nitrogen and oxygen atoms in total. The second kappa shape index (κ2) is 11.4. The van der Waals surface area contributed by atoms with E-state index in [0.29, 0.717) is 72.6 Å². The molecule has 0 aliphatic carbocycles. The van der Waals surface area contributed by atoms with Gasteiger partial charge in [0.25, 0.3) is 11.8 Å². The first-order valence-electron chi connectivity index (χ1n) is 13.9. The number of nitrogens with two attached hydrogens (primary N) is 3. The summed E-state index contributed by atoms with van der Waals surface area (Å²) < 4.78 is 0. The van der Waals surface area contributed by atoms with Gasteiger partial charge in [-0.25, -0.2) is 4.98 Å². The summed E-state index contributed by atoms with van der Waals surface area (Å²) in [6.45, 7) is 3.75. The number of anilines is 4. The van der Waals surface area contributed by atoms with Crippen LogP contribution in [-0.4, -0.2) is 32.7 Å². The van der Waals surface area contributed by atoms with Crippen LogP contribution in [0.4, 0.5) is 22.9 Å². The Morgan fingerprint density at radius 3 is 1.87 bits per heavy atom. The number of pyridine rings is 3. The Kier molecular flexibility index (Phi) is 7.27. The van der Waals surface area contributed by atoms with E-state index in [4.69, 9.17) is 22.2 Å². The molecule has 0 radical (unpaired) electrons. The smallest absolute Gasteiger partial charge is 0.257 e. The minimum Gasteiger partial charge on any atom is -0.398 e. The molecule has 8 N–H and O–H groups in total. The SMILES string of the molecule is Cc1cc(-c2c(C)nc3ccc(C(=O)Nc4ccc(NC(=O)c5ccc(N)nc5)cc4)cc3c2N)c2cc(C(N)=O)ccc2n1. The molecule has 0 unspecified atom stereocenters. The van der Waals surface area contributed by atoms with Gasteiger partial charge in [-0.15, -0.1) is 0 Å². The van der Waals surface area contributed by atoms with E-state index in [-0.39, 0.29) is 11.8 Å². The third-order valence-electron chi connectivity index (χ3n) is 7.41. The first kappa shape index (κ1) is 28.7. The highest BCUT2D eigenvalue weighted by atomic mass is 16.2. The summed E-state index contributed by atoms with van der Waals surface area (Å²) in [5.74, 6) is -0.903. The predicted molar refractivity (Wildman–Crippen MR) is 176 cm³/mol. The molecule has 0 bridgehead atoms. The summed E-state index contributed by atoms with van der Waals surface area (Å²) in [5, 5.41) is 6.98. The molecule has 0 aliphatic rings. The number of hydrogen-bond acceptors (Lipinski definition) is 8. The van der Waals surface area contributed by atoms with Crippen LogP contribution in [0.5, 0.6) is 0 Å². The van der Waals surface area contributed by atoms with Crippen molar-refractivity contribution in [2.45, 2.75) is 13.8 Å². The number of nitrogens with zero attached hydrogens (tertiary/aromatic N) is 3. The van der Waals surface area contributed by atoms with Crippen molar-refractivity contribution < 1.29 is 14.4 Å². The number of nitrogens with one attached hydrogen (secondary N) is 2. The summed E-state index contributed by atoms with van der Waals surface area (Å²) in [4.78, 5) is 51.0. The van der Waals surface area contributed by atoms with Crippen molar-refractivity contribution in [2.24, 2.45) is 5.73 Å². The maximum Gasteiger partial charge on any atom is 0.257 e. The number of rotatable bonds is 6. The van der Waals surface area contributed by atoms with E-state index in [1.54, 1.807) is 72.8 Å². The quantitative estimate of drug-likeness (QED) is 0.172. The second-order valence-corrected chi connectivity index (χ2v) is 10.6. The number of aromatic nitrogens is 3. The molecule has 0 spiro atoms. The lowest BCUT2D eigenvalue weighted by molar-refractivity contribution is 0.0996. The van der Waals surface area contributed by atoms with Crippen molar-refractivity contribution >= 4 is 62.4 Å². The molecule has 0 fully saturated rings. The van der Waals surface area contributed by atoms with Crippen LogP contribution < -0.4 is 27.8 Å². The minimum absolute atomic E-state index is 0.324. The molecule has 0 aliphatic heterocycles. The van der Waals surface area contributed by atoms with Crippen molar-refractivity contribution in [2.75, 3.05) is 22.1 Å². The third-order valence-corrected chi connectivity index (χ3v) is 7.41. The van der Waals surface area contributed by atoms with Crippen molar-refractivity contribution in [1.29, 1.82) is 0 Å². The largest absolute Gasteiger partial charge is 0.398 e. The van der Waals surface area contributed by atoms with Crippen molar-refractivity contribution in [1.82, 2.24) is 15.0 Å². The number of primary amides is 1. The van der Waals surface area contributed by atoms with Gasteiger partial charge in [0.1, 0.15) is 5.82 Å². The second-order valence-electron chi connectivity index (χ2n) is 10.6. The van der Waals surface area contributed by atoms with Gasteiger partial charge in [-0.2, -0.15) is 0 Å². The maximum absolute atomic E-state index is 13.3. The van der Waals surface area contributed by atoms with E-state index in [0.717, 1.165) is 11.3 Å². The van der Waals surface area contributed by atoms with E-state index in [1.807, 2.05) is 19.9 Å². The zero-order chi connectivity index (χ0) is 31.8. The molecular formula is C34H28N8O3. The average molecular weight is 597 g/mol. The van der Waals surface area contributed by atoms with Gasteiger partial charge in [0.15, 0.2) is 0 Å². The van der Waals surface area contributed by atoms with Crippen LogP contribution in [0.25, 0.3) is 32.9 Å². The standard InChI is InChI=1S/C34H28N8O3/c1-17-13-25(24-14-19(32(37)43)3-10-27(24)39-17)30-18(2)40-28-11-4-20(15-26(28)31(30)36)33(44)41-22-6-8-23(9-7-22)42-34(45)21-5-12-29(35)38-16-21/h3-16H,1-2H3,(H2,35,38)(H2,36,40)(H2,37,43)(H,41,44)(H,42,45). The topological polar surface area (TPSA) is 192 Å².